The maximum atomic E-state index is 13.1. The predicted molar refractivity (Wildman–Crippen MR) is 71.1 cm³/mol. The maximum absolute atomic E-state index is 13.1. The van der Waals surface area contributed by atoms with Crippen LogP contribution in [-0.2, 0) is 4.74 Å². The predicted octanol–water partition coefficient (Wildman–Crippen LogP) is 2.28. The Morgan fingerprint density at radius 2 is 2.20 bits per heavy atom. The van der Waals surface area contributed by atoms with Crippen molar-refractivity contribution in [1.29, 1.82) is 0 Å². The van der Waals surface area contributed by atoms with E-state index in [1.807, 2.05) is 13.8 Å². The van der Waals surface area contributed by atoms with Gasteiger partial charge in [0.15, 0.2) is 0 Å². The van der Waals surface area contributed by atoms with Crippen molar-refractivity contribution < 1.29 is 18.8 Å². The topological polar surface area (TPSA) is 81.5 Å². The Morgan fingerprint density at radius 1 is 1.50 bits per heavy atom. The molecule has 0 fully saturated rings. The summed E-state index contributed by atoms with van der Waals surface area (Å²) in [4.78, 5) is 21.4. The van der Waals surface area contributed by atoms with Crippen molar-refractivity contribution in [3.8, 4) is 0 Å². The molecule has 0 heterocycles. The number of amides is 1. The van der Waals surface area contributed by atoms with Crippen LogP contribution in [0.2, 0.25) is 0 Å². The summed E-state index contributed by atoms with van der Waals surface area (Å²) >= 11 is 0. The first-order valence-electron chi connectivity index (χ1n) is 6.25. The number of nitro groups is 1. The minimum atomic E-state index is -0.961. The Balaban J connectivity index is 2.51. The van der Waals surface area contributed by atoms with Gasteiger partial charge in [-0.3, -0.25) is 14.9 Å². The molecule has 0 radical (unpaired) electrons. The van der Waals surface area contributed by atoms with Crippen LogP contribution < -0.4 is 5.32 Å². The van der Waals surface area contributed by atoms with Gasteiger partial charge in [-0.2, -0.15) is 4.39 Å². The van der Waals surface area contributed by atoms with Crippen LogP contribution >= 0.6 is 0 Å². The van der Waals surface area contributed by atoms with Gasteiger partial charge in [-0.15, -0.1) is 0 Å². The smallest absolute Gasteiger partial charge is 0.305 e. The van der Waals surface area contributed by atoms with E-state index in [-0.39, 0.29) is 11.7 Å². The van der Waals surface area contributed by atoms with Gasteiger partial charge in [0.2, 0.25) is 5.82 Å². The van der Waals surface area contributed by atoms with Crippen LogP contribution in [0.1, 0.15) is 30.6 Å². The van der Waals surface area contributed by atoms with Crippen LogP contribution in [0, 0.1) is 15.9 Å². The van der Waals surface area contributed by atoms with Crippen molar-refractivity contribution >= 4 is 11.6 Å². The van der Waals surface area contributed by atoms with Crippen LogP contribution in [0.5, 0.6) is 0 Å². The second kappa shape index (κ2) is 7.54. The monoisotopic (exact) mass is 284 g/mol. The molecule has 0 aliphatic rings. The first-order valence-corrected chi connectivity index (χ1v) is 6.25. The number of hydrogen-bond acceptors (Lipinski definition) is 4. The third kappa shape index (κ3) is 4.93. The molecule has 1 aromatic rings. The molecule has 1 amide bonds. The Kier molecular flexibility index (Phi) is 6.05. The lowest BCUT2D eigenvalue weighted by Crippen LogP contribution is -2.25. The molecule has 110 valence electrons. The molecule has 0 aliphatic heterocycles. The van der Waals surface area contributed by atoms with E-state index < -0.39 is 22.3 Å². The van der Waals surface area contributed by atoms with E-state index in [9.17, 15) is 19.3 Å². The SMILES string of the molecule is CC(C)OCCCNC(=O)c1ccc(F)c([N+](=O)[O-])c1. The molecule has 6 nitrogen and oxygen atoms in total. The number of hydrogen-bond donors (Lipinski definition) is 1. The van der Waals surface area contributed by atoms with Gasteiger partial charge in [0.05, 0.1) is 11.0 Å². The molecule has 0 atom stereocenters. The van der Waals surface area contributed by atoms with E-state index in [0.29, 0.717) is 19.6 Å². The van der Waals surface area contributed by atoms with Crippen LogP contribution in [0.25, 0.3) is 0 Å². The highest BCUT2D eigenvalue weighted by Crippen LogP contribution is 2.18. The van der Waals surface area contributed by atoms with Gasteiger partial charge in [-0.1, -0.05) is 0 Å². The first kappa shape index (κ1) is 16.0. The molecular weight excluding hydrogens is 267 g/mol. The standard InChI is InChI=1S/C13H17FN2O4/c1-9(2)20-7-3-6-15-13(17)10-4-5-11(14)12(8-10)16(18)19/h4-5,8-9H,3,6-7H2,1-2H3,(H,15,17). The Labute approximate surface area is 116 Å². The summed E-state index contributed by atoms with van der Waals surface area (Å²) in [6.45, 7) is 4.73. The second-order valence-electron chi connectivity index (χ2n) is 4.45. The van der Waals surface area contributed by atoms with E-state index in [4.69, 9.17) is 4.74 Å². The second-order valence-corrected chi connectivity index (χ2v) is 4.45. The van der Waals surface area contributed by atoms with Crippen molar-refractivity contribution in [3.63, 3.8) is 0 Å². The van der Waals surface area contributed by atoms with Gasteiger partial charge < -0.3 is 10.1 Å². The largest absolute Gasteiger partial charge is 0.379 e. The number of carbonyl (C=O) groups excluding carboxylic acids is 1. The van der Waals surface area contributed by atoms with Gasteiger partial charge >= 0.3 is 5.69 Å². The highest BCUT2D eigenvalue weighted by atomic mass is 19.1. The Bertz CT molecular complexity index is 491. The minimum absolute atomic E-state index is 0.0582. The van der Waals surface area contributed by atoms with E-state index in [0.717, 1.165) is 12.1 Å². The highest BCUT2D eigenvalue weighted by molar-refractivity contribution is 5.94. The Hall–Kier alpha value is -2.02. The van der Waals surface area contributed by atoms with Gasteiger partial charge in [-0.25, -0.2) is 0 Å². The molecule has 0 bridgehead atoms. The fraction of sp³-hybridized carbons (Fsp3) is 0.462. The van der Waals surface area contributed by atoms with Crippen LogP contribution in [0.3, 0.4) is 0 Å². The number of nitrogens with one attached hydrogen (secondary N) is 1. The molecule has 1 N–H and O–H groups in total. The van der Waals surface area contributed by atoms with Crippen molar-refractivity contribution in [2.45, 2.75) is 26.4 Å². The molecule has 0 unspecified atom stereocenters. The highest BCUT2D eigenvalue weighted by Gasteiger charge is 2.17. The molecule has 7 heteroatoms. The molecule has 0 aromatic heterocycles. The third-order valence-electron chi connectivity index (χ3n) is 2.46. The number of rotatable bonds is 7. The number of carbonyl (C=O) groups is 1. The molecule has 1 rings (SSSR count). The first-order chi connectivity index (χ1) is 9.41. The number of nitrogens with zero attached hydrogens (tertiary/aromatic N) is 1. The lowest BCUT2D eigenvalue weighted by atomic mass is 10.2. The summed E-state index contributed by atoms with van der Waals surface area (Å²) in [6.07, 6.45) is 0.762. The van der Waals surface area contributed by atoms with E-state index in [1.54, 1.807) is 0 Å². The van der Waals surface area contributed by atoms with Crippen molar-refractivity contribution in [2.75, 3.05) is 13.2 Å². The molecule has 20 heavy (non-hydrogen) atoms. The van der Waals surface area contributed by atoms with Crippen LogP contribution in [0.15, 0.2) is 18.2 Å². The lowest BCUT2D eigenvalue weighted by molar-refractivity contribution is -0.387. The molecular formula is C13H17FN2O4. The Morgan fingerprint density at radius 3 is 2.80 bits per heavy atom. The summed E-state index contributed by atoms with van der Waals surface area (Å²) in [5.41, 5.74) is -0.649. The summed E-state index contributed by atoms with van der Waals surface area (Å²) in [5.74, 6) is -1.44. The van der Waals surface area contributed by atoms with Crippen LogP contribution in [0.4, 0.5) is 10.1 Å². The molecule has 0 saturated carbocycles. The van der Waals surface area contributed by atoms with Gasteiger partial charge in [-0.05, 0) is 32.4 Å². The summed E-state index contributed by atoms with van der Waals surface area (Å²) in [7, 11) is 0. The minimum Gasteiger partial charge on any atom is -0.379 e. The molecule has 0 saturated heterocycles. The van der Waals surface area contributed by atoms with Crippen molar-refractivity contribution in [3.05, 3.63) is 39.7 Å². The number of nitro benzene ring substituents is 1. The number of halogens is 1. The zero-order valence-corrected chi connectivity index (χ0v) is 11.4. The van der Waals surface area contributed by atoms with Crippen LogP contribution in [-0.4, -0.2) is 30.1 Å². The number of ether oxygens (including phenoxy) is 1. The zero-order valence-electron chi connectivity index (χ0n) is 11.4. The third-order valence-corrected chi connectivity index (χ3v) is 2.46. The fourth-order valence-corrected chi connectivity index (χ4v) is 1.49. The van der Waals surface area contributed by atoms with E-state index in [1.165, 1.54) is 6.07 Å². The molecule has 0 aliphatic carbocycles. The van der Waals surface area contributed by atoms with Gasteiger partial charge in [0.1, 0.15) is 0 Å². The fourth-order valence-electron chi connectivity index (χ4n) is 1.49. The summed E-state index contributed by atoms with van der Waals surface area (Å²) in [6, 6.07) is 3.05. The average Bonchev–Trinajstić information content (AvgIpc) is 2.37. The quantitative estimate of drug-likeness (QED) is 0.473. The van der Waals surface area contributed by atoms with Crippen molar-refractivity contribution in [2.24, 2.45) is 0 Å². The summed E-state index contributed by atoms with van der Waals surface area (Å²) in [5, 5.41) is 13.2. The molecule has 1 aromatic carbocycles. The van der Waals surface area contributed by atoms with Crippen molar-refractivity contribution in [1.82, 2.24) is 5.32 Å². The summed E-state index contributed by atoms with van der Waals surface area (Å²) < 4.78 is 18.4. The maximum Gasteiger partial charge on any atom is 0.305 e. The molecule has 0 spiro atoms. The number of benzene rings is 1. The average molecular weight is 284 g/mol. The van der Waals surface area contributed by atoms with E-state index >= 15 is 0 Å². The van der Waals surface area contributed by atoms with Gasteiger partial charge in [0.25, 0.3) is 5.91 Å². The zero-order chi connectivity index (χ0) is 15.1. The normalized spacial score (nSPS) is 10.6. The van der Waals surface area contributed by atoms with E-state index in [2.05, 4.69) is 5.32 Å². The lowest BCUT2D eigenvalue weighted by Gasteiger charge is -2.08. The van der Waals surface area contributed by atoms with Gasteiger partial charge in [0, 0.05) is 24.8 Å².